The Bertz CT molecular complexity index is 204. The fourth-order valence-electron chi connectivity index (χ4n) is 2.80. The van der Waals surface area contributed by atoms with Crippen LogP contribution in [0.3, 0.4) is 0 Å². The van der Waals surface area contributed by atoms with Gasteiger partial charge in [0.15, 0.2) is 0 Å². The number of nitriles is 1. The van der Waals surface area contributed by atoms with Crippen molar-refractivity contribution in [2.45, 2.75) is 104 Å². The van der Waals surface area contributed by atoms with E-state index >= 15 is 0 Å². The van der Waals surface area contributed by atoms with Crippen molar-refractivity contribution in [2.24, 2.45) is 5.92 Å². The molecule has 1 nitrogen and oxygen atoms in total. The Morgan fingerprint density at radius 1 is 0.684 bits per heavy atom. The van der Waals surface area contributed by atoms with Gasteiger partial charge in [0.2, 0.25) is 0 Å². The number of nitrogens with zero attached hydrogens (tertiary/aromatic N) is 1. The van der Waals surface area contributed by atoms with E-state index in [-0.39, 0.29) is 0 Å². The van der Waals surface area contributed by atoms with Crippen molar-refractivity contribution in [2.75, 3.05) is 0 Å². The first-order chi connectivity index (χ1) is 9.35. The Morgan fingerprint density at radius 2 is 1.16 bits per heavy atom. The van der Waals surface area contributed by atoms with Crippen molar-refractivity contribution >= 4 is 0 Å². The number of hydrogen-bond acceptors (Lipinski definition) is 1. The van der Waals surface area contributed by atoms with Gasteiger partial charge in [0, 0.05) is 6.42 Å². The van der Waals surface area contributed by atoms with E-state index in [1.165, 1.54) is 77.0 Å². The SMILES string of the molecule is CCCCCCCC(CCCC#N)CCCCCC. The molecule has 0 heterocycles. The Balaban J connectivity index is 3.67. The van der Waals surface area contributed by atoms with E-state index in [4.69, 9.17) is 5.26 Å². The zero-order valence-electron chi connectivity index (χ0n) is 13.4. The third kappa shape index (κ3) is 13.7. The topological polar surface area (TPSA) is 23.8 Å². The van der Waals surface area contributed by atoms with E-state index in [1.54, 1.807) is 0 Å². The second-order valence-corrected chi connectivity index (χ2v) is 5.97. The normalized spacial score (nSPS) is 12.3. The van der Waals surface area contributed by atoms with Gasteiger partial charge in [-0.25, -0.2) is 0 Å². The molecule has 0 spiro atoms. The zero-order chi connectivity index (χ0) is 14.2. The summed E-state index contributed by atoms with van der Waals surface area (Å²) in [5.74, 6) is 0.895. The lowest BCUT2D eigenvalue weighted by Crippen LogP contribution is -2.01. The van der Waals surface area contributed by atoms with E-state index in [0.29, 0.717) is 0 Å². The highest BCUT2D eigenvalue weighted by Gasteiger charge is 2.08. The predicted octanol–water partition coefficient (Wildman–Crippen LogP) is 6.63. The summed E-state index contributed by atoms with van der Waals surface area (Å²) in [7, 11) is 0. The van der Waals surface area contributed by atoms with Crippen LogP contribution in [-0.2, 0) is 0 Å². The Hall–Kier alpha value is -0.510. The van der Waals surface area contributed by atoms with Gasteiger partial charge in [0.25, 0.3) is 0 Å². The largest absolute Gasteiger partial charge is 0.198 e. The molecule has 0 aliphatic rings. The van der Waals surface area contributed by atoms with Gasteiger partial charge >= 0.3 is 0 Å². The van der Waals surface area contributed by atoms with Crippen LogP contribution in [0.25, 0.3) is 0 Å². The van der Waals surface area contributed by atoms with Crippen molar-refractivity contribution in [3.63, 3.8) is 0 Å². The van der Waals surface area contributed by atoms with Gasteiger partial charge in [-0.3, -0.25) is 0 Å². The van der Waals surface area contributed by atoms with Gasteiger partial charge < -0.3 is 0 Å². The Labute approximate surface area is 121 Å². The zero-order valence-corrected chi connectivity index (χ0v) is 13.4. The van der Waals surface area contributed by atoms with Crippen LogP contribution in [0.4, 0.5) is 0 Å². The average Bonchev–Trinajstić information content (AvgIpc) is 2.42. The van der Waals surface area contributed by atoms with Gasteiger partial charge in [0.1, 0.15) is 0 Å². The van der Waals surface area contributed by atoms with Crippen molar-refractivity contribution in [3.8, 4) is 6.07 Å². The maximum absolute atomic E-state index is 8.65. The molecule has 0 radical (unpaired) electrons. The molecular formula is C18H35N. The van der Waals surface area contributed by atoms with E-state index in [2.05, 4.69) is 19.9 Å². The summed E-state index contributed by atoms with van der Waals surface area (Å²) in [4.78, 5) is 0. The van der Waals surface area contributed by atoms with Crippen molar-refractivity contribution in [3.05, 3.63) is 0 Å². The van der Waals surface area contributed by atoms with Crippen LogP contribution in [0.2, 0.25) is 0 Å². The van der Waals surface area contributed by atoms with Gasteiger partial charge in [-0.1, -0.05) is 84.5 Å². The quantitative estimate of drug-likeness (QED) is 0.323. The summed E-state index contributed by atoms with van der Waals surface area (Å²) in [5.41, 5.74) is 0. The van der Waals surface area contributed by atoms with Crippen LogP contribution < -0.4 is 0 Å². The minimum atomic E-state index is 0.751. The summed E-state index contributed by atoms with van der Waals surface area (Å²) < 4.78 is 0. The van der Waals surface area contributed by atoms with E-state index in [0.717, 1.165) is 18.8 Å². The highest BCUT2D eigenvalue weighted by atomic mass is 14.2. The molecule has 0 saturated carbocycles. The second kappa shape index (κ2) is 15.5. The highest BCUT2D eigenvalue weighted by Crippen LogP contribution is 2.23. The first-order valence-corrected chi connectivity index (χ1v) is 8.72. The van der Waals surface area contributed by atoms with Crippen LogP contribution >= 0.6 is 0 Å². The minimum absolute atomic E-state index is 0.751. The Morgan fingerprint density at radius 3 is 1.68 bits per heavy atom. The maximum Gasteiger partial charge on any atom is 0.0621 e. The first kappa shape index (κ1) is 18.5. The summed E-state index contributed by atoms with van der Waals surface area (Å²) >= 11 is 0. The third-order valence-electron chi connectivity index (χ3n) is 4.08. The summed E-state index contributed by atoms with van der Waals surface area (Å²) in [6.45, 7) is 4.55. The van der Waals surface area contributed by atoms with E-state index in [1.807, 2.05) is 0 Å². The number of rotatable bonds is 14. The minimum Gasteiger partial charge on any atom is -0.198 e. The van der Waals surface area contributed by atoms with Gasteiger partial charge in [-0.2, -0.15) is 5.26 Å². The molecule has 19 heavy (non-hydrogen) atoms. The molecule has 0 saturated heterocycles. The van der Waals surface area contributed by atoms with Crippen LogP contribution in [0.15, 0.2) is 0 Å². The number of hydrogen-bond donors (Lipinski definition) is 0. The molecule has 0 aliphatic carbocycles. The van der Waals surface area contributed by atoms with E-state index < -0.39 is 0 Å². The second-order valence-electron chi connectivity index (χ2n) is 5.97. The van der Waals surface area contributed by atoms with Crippen LogP contribution in [0.1, 0.15) is 104 Å². The van der Waals surface area contributed by atoms with Crippen LogP contribution in [0.5, 0.6) is 0 Å². The molecule has 1 heteroatoms. The molecule has 1 atom stereocenters. The summed E-state index contributed by atoms with van der Waals surface area (Å²) in [5, 5.41) is 8.65. The van der Waals surface area contributed by atoms with Crippen molar-refractivity contribution in [1.82, 2.24) is 0 Å². The molecule has 0 aromatic rings. The summed E-state index contributed by atoms with van der Waals surface area (Å²) in [6, 6.07) is 2.28. The van der Waals surface area contributed by atoms with Crippen molar-refractivity contribution in [1.29, 1.82) is 5.26 Å². The van der Waals surface area contributed by atoms with Crippen LogP contribution in [-0.4, -0.2) is 0 Å². The molecule has 0 amide bonds. The fourth-order valence-corrected chi connectivity index (χ4v) is 2.80. The van der Waals surface area contributed by atoms with E-state index in [9.17, 15) is 0 Å². The third-order valence-corrected chi connectivity index (χ3v) is 4.08. The standard InChI is InChI=1S/C18H35N/c1-3-5-7-9-11-15-18(16-12-13-17-19)14-10-8-6-4-2/h18H,3-16H2,1-2H3. The molecule has 112 valence electrons. The smallest absolute Gasteiger partial charge is 0.0621 e. The first-order valence-electron chi connectivity index (χ1n) is 8.72. The van der Waals surface area contributed by atoms with Gasteiger partial charge in [-0.05, 0) is 18.8 Å². The predicted molar refractivity (Wildman–Crippen MR) is 85.1 cm³/mol. The molecule has 0 rings (SSSR count). The fraction of sp³-hybridized carbons (Fsp3) is 0.944. The van der Waals surface area contributed by atoms with Gasteiger partial charge in [0.05, 0.1) is 6.07 Å². The van der Waals surface area contributed by atoms with Gasteiger partial charge in [-0.15, -0.1) is 0 Å². The molecule has 0 bridgehead atoms. The molecule has 0 aromatic heterocycles. The lowest BCUT2D eigenvalue weighted by Gasteiger charge is -2.16. The lowest BCUT2D eigenvalue weighted by molar-refractivity contribution is 0.375. The van der Waals surface area contributed by atoms with Crippen LogP contribution in [0, 0.1) is 17.2 Å². The van der Waals surface area contributed by atoms with Crippen molar-refractivity contribution < 1.29 is 0 Å². The molecule has 0 aliphatic heterocycles. The molecule has 0 fully saturated rings. The Kier molecular flexibility index (Phi) is 15.1. The maximum atomic E-state index is 8.65. The summed E-state index contributed by atoms with van der Waals surface area (Å²) in [6.07, 6.45) is 18.5. The molecular weight excluding hydrogens is 230 g/mol. The molecule has 0 aromatic carbocycles. The average molecular weight is 265 g/mol. The molecule has 1 unspecified atom stereocenters. The lowest BCUT2D eigenvalue weighted by atomic mass is 9.90. The monoisotopic (exact) mass is 265 g/mol. The highest BCUT2D eigenvalue weighted by molar-refractivity contribution is 4.70. The molecule has 0 N–H and O–H groups in total. The number of unbranched alkanes of at least 4 members (excludes halogenated alkanes) is 8.